The zero-order valence-corrected chi connectivity index (χ0v) is 17.6. The van der Waals surface area contributed by atoms with Gasteiger partial charge in [0.2, 0.25) is 0 Å². The van der Waals surface area contributed by atoms with Crippen LogP contribution in [0.5, 0.6) is 0 Å². The van der Waals surface area contributed by atoms with Crippen molar-refractivity contribution < 1.29 is 0 Å². The maximum atomic E-state index is 2.61. The average molecular weight is 352 g/mol. The number of benzene rings is 1. The molecule has 0 bridgehead atoms. The summed E-state index contributed by atoms with van der Waals surface area (Å²) in [4.78, 5) is 2.61. The predicted octanol–water partition coefficient (Wildman–Crippen LogP) is 6.89. The summed E-state index contributed by atoms with van der Waals surface area (Å²) in [5.74, 6) is 0.469. The van der Waals surface area contributed by atoms with Gasteiger partial charge in [-0.25, -0.2) is 0 Å². The fraction of sp³-hybridized carbons (Fsp3) is 0.520. The second kappa shape index (κ2) is 9.92. The Hall–Kier alpha value is -1.60. The van der Waals surface area contributed by atoms with Crippen molar-refractivity contribution in [3.05, 3.63) is 70.8 Å². The zero-order chi connectivity index (χ0) is 19.1. The molecule has 1 aliphatic rings. The summed E-state index contributed by atoms with van der Waals surface area (Å²) in [6.07, 6.45) is 10.5. The molecule has 0 saturated carbocycles. The molecule has 26 heavy (non-hydrogen) atoms. The first-order valence-electron chi connectivity index (χ1n) is 10.3. The van der Waals surface area contributed by atoms with Crippen LogP contribution in [0.15, 0.2) is 65.3 Å². The lowest BCUT2D eigenvalue weighted by atomic mass is 9.84. The van der Waals surface area contributed by atoms with Crippen molar-refractivity contribution in [1.29, 1.82) is 0 Å². The quantitative estimate of drug-likeness (QED) is 0.493. The van der Waals surface area contributed by atoms with Gasteiger partial charge < -0.3 is 0 Å². The summed E-state index contributed by atoms with van der Waals surface area (Å²) in [5.41, 5.74) is 5.90. The van der Waals surface area contributed by atoms with Gasteiger partial charge in [-0.15, -0.1) is 0 Å². The molecule has 142 valence electrons. The van der Waals surface area contributed by atoms with Crippen molar-refractivity contribution in [2.75, 3.05) is 6.54 Å². The molecular formula is C25H37N. The van der Waals surface area contributed by atoms with Crippen molar-refractivity contribution in [2.45, 2.75) is 78.8 Å². The first kappa shape index (κ1) is 20.7. The molecule has 0 fully saturated rings. The lowest BCUT2D eigenvalue weighted by Crippen LogP contribution is -2.38. The smallest absolute Gasteiger partial charge is 0.0101 e. The van der Waals surface area contributed by atoms with Gasteiger partial charge >= 0.3 is 0 Å². The fourth-order valence-corrected chi connectivity index (χ4v) is 4.07. The van der Waals surface area contributed by atoms with Crippen LogP contribution in [-0.4, -0.2) is 23.5 Å². The van der Waals surface area contributed by atoms with Gasteiger partial charge in [0.15, 0.2) is 0 Å². The van der Waals surface area contributed by atoms with Gasteiger partial charge in [0.25, 0.3) is 0 Å². The molecule has 1 nitrogen and oxygen atoms in total. The summed E-state index contributed by atoms with van der Waals surface area (Å²) >= 11 is 0. The van der Waals surface area contributed by atoms with E-state index in [2.05, 4.69) is 95.0 Å². The molecule has 1 aliphatic carbocycles. The molecule has 0 amide bonds. The Bertz CT molecular complexity index is 638. The highest BCUT2D eigenvalue weighted by Crippen LogP contribution is 2.35. The summed E-state index contributed by atoms with van der Waals surface area (Å²) in [6, 6.07) is 12.2. The monoisotopic (exact) mass is 351 g/mol. The third-order valence-electron chi connectivity index (χ3n) is 5.64. The Morgan fingerprint density at radius 2 is 1.62 bits per heavy atom. The molecule has 1 heteroatoms. The summed E-state index contributed by atoms with van der Waals surface area (Å²) < 4.78 is 0. The van der Waals surface area contributed by atoms with Gasteiger partial charge in [0.1, 0.15) is 0 Å². The molecule has 2 rings (SSSR count). The van der Waals surface area contributed by atoms with Gasteiger partial charge in [-0.1, -0.05) is 61.1 Å². The maximum absolute atomic E-state index is 2.61. The van der Waals surface area contributed by atoms with E-state index >= 15 is 0 Å². The van der Waals surface area contributed by atoms with Crippen molar-refractivity contribution in [2.24, 2.45) is 0 Å². The Labute approximate surface area is 161 Å². The first-order chi connectivity index (χ1) is 12.4. The molecule has 0 heterocycles. The van der Waals surface area contributed by atoms with Crippen LogP contribution in [0, 0.1) is 0 Å². The largest absolute Gasteiger partial charge is 0.299 e. The number of hydrogen-bond acceptors (Lipinski definition) is 1. The van der Waals surface area contributed by atoms with Crippen molar-refractivity contribution in [1.82, 2.24) is 4.90 Å². The topological polar surface area (TPSA) is 3.24 Å². The molecule has 0 spiro atoms. The van der Waals surface area contributed by atoms with Crippen molar-refractivity contribution >= 4 is 0 Å². The van der Waals surface area contributed by atoms with Crippen LogP contribution in [-0.2, 0) is 0 Å². The molecule has 1 aromatic carbocycles. The third-order valence-corrected chi connectivity index (χ3v) is 5.64. The van der Waals surface area contributed by atoms with E-state index in [0.29, 0.717) is 18.0 Å². The van der Waals surface area contributed by atoms with Gasteiger partial charge in [-0.2, -0.15) is 0 Å². The van der Waals surface area contributed by atoms with Gasteiger partial charge in [0, 0.05) is 18.0 Å². The maximum Gasteiger partial charge on any atom is 0.0101 e. The lowest BCUT2D eigenvalue weighted by molar-refractivity contribution is 0.170. The number of rotatable bonds is 8. The summed E-state index contributed by atoms with van der Waals surface area (Å²) in [6.45, 7) is 14.9. The van der Waals surface area contributed by atoms with E-state index in [1.807, 2.05) is 0 Å². The van der Waals surface area contributed by atoms with Crippen LogP contribution >= 0.6 is 0 Å². The van der Waals surface area contributed by atoms with Gasteiger partial charge in [0.05, 0.1) is 0 Å². The lowest BCUT2D eigenvalue weighted by Gasteiger charge is -2.33. The second-order valence-electron chi connectivity index (χ2n) is 8.07. The highest BCUT2D eigenvalue weighted by atomic mass is 15.2. The first-order valence-corrected chi connectivity index (χ1v) is 10.3. The van der Waals surface area contributed by atoms with E-state index in [-0.39, 0.29) is 0 Å². The minimum absolute atomic E-state index is 0.469. The fourth-order valence-electron chi connectivity index (χ4n) is 4.07. The van der Waals surface area contributed by atoms with Crippen LogP contribution in [0.25, 0.3) is 0 Å². The normalized spacial score (nSPS) is 16.4. The molecule has 0 aliphatic heterocycles. The van der Waals surface area contributed by atoms with Crippen LogP contribution < -0.4 is 0 Å². The zero-order valence-electron chi connectivity index (χ0n) is 17.6. The molecular weight excluding hydrogens is 314 g/mol. The molecule has 1 unspecified atom stereocenters. The van der Waals surface area contributed by atoms with E-state index < -0.39 is 0 Å². The van der Waals surface area contributed by atoms with Crippen LogP contribution in [0.3, 0.4) is 0 Å². The second-order valence-corrected chi connectivity index (χ2v) is 8.07. The molecule has 1 atom stereocenters. The SMILES string of the molecule is CCC1=CC=C(C)C(C(CCN(C(C)C)C(C)C)c2ccccc2)=CC1. The highest BCUT2D eigenvalue weighted by Gasteiger charge is 2.22. The van der Waals surface area contributed by atoms with Crippen molar-refractivity contribution in [3.63, 3.8) is 0 Å². The summed E-state index contributed by atoms with van der Waals surface area (Å²) in [5, 5.41) is 0. The average Bonchev–Trinajstić information content (AvgIpc) is 2.80. The van der Waals surface area contributed by atoms with E-state index in [1.54, 1.807) is 0 Å². The number of hydrogen-bond donors (Lipinski definition) is 0. The minimum atomic E-state index is 0.469. The Kier molecular flexibility index (Phi) is 7.90. The van der Waals surface area contributed by atoms with Crippen LogP contribution in [0.4, 0.5) is 0 Å². The van der Waals surface area contributed by atoms with Gasteiger partial charge in [-0.3, -0.25) is 4.90 Å². The predicted molar refractivity (Wildman–Crippen MR) is 116 cm³/mol. The Balaban J connectivity index is 2.29. The number of nitrogens with zero attached hydrogens (tertiary/aromatic N) is 1. The Morgan fingerprint density at radius 3 is 2.19 bits per heavy atom. The number of allylic oxidation sites excluding steroid dienone is 6. The molecule has 0 aromatic heterocycles. The van der Waals surface area contributed by atoms with Crippen molar-refractivity contribution in [3.8, 4) is 0 Å². The molecule has 1 aromatic rings. The van der Waals surface area contributed by atoms with E-state index in [4.69, 9.17) is 0 Å². The van der Waals surface area contributed by atoms with Gasteiger partial charge in [-0.05, 0) is 77.1 Å². The summed E-state index contributed by atoms with van der Waals surface area (Å²) in [7, 11) is 0. The van der Waals surface area contributed by atoms with E-state index in [1.165, 1.54) is 28.7 Å². The van der Waals surface area contributed by atoms with Crippen LogP contribution in [0.2, 0.25) is 0 Å². The van der Waals surface area contributed by atoms with E-state index in [0.717, 1.165) is 19.4 Å². The molecule has 0 radical (unpaired) electrons. The minimum Gasteiger partial charge on any atom is -0.299 e. The highest BCUT2D eigenvalue weighted by molar-refractivity contribution is 5.44. The van der Waals surface area contributed by atoms with E-state index in [9.17, 15) is 0 Å². The standard InChI is InChI=1S/C25H37N/c1-7-22-14-13-21(6)24(16-15-22)25(23-11-9-8-10-12-23)17-18-26(19(2)3)20(4)5/h8-14,16,19-20,25H,7,15,17-18H2,1-6H3. The third kappa shape index (κ3) is 5.45. The molecule has 0 saturated heterocycles. The molecule has 0 N–H and O–H groups in total. The van der Waals surface area contributed by atoms with Crippen LogP contribution in [0.1, 0.15) is 72.3 Å². The Morgan fingerprint density at radius 1 is 0.962 bits per heavy atom.